The molecule has 0 saturated heterocycles. The number of amides is 1. The summed E-state index contributed by atoms with van der Waals surface area (Å²) in [6, 6.07) is 5.34. The van der Waals surface area contributed by atoms with Crippen LogP contribution in [0.4, 0.5) is 5.69 Å². The summed E-state index contributed by atoms with van der Waals surface area (Å²) in [6.45, 7) is 0. The van der Waals surface area contributed by atoms with Crippen LogP contribution in [0, 0.1) is 0 Å². The fraction of sp³-hybridized carbons (Fsp3) is 0.273. The monoisotopic (exact) mass is 283 g/mol. The quantitative estimate of drug-likeness (QED) is 0.864. The van der Waals surface area contributed by atoms with E-state index < -0.39 is 5.92 Å². The third-order valence-corrected chi connectivity index (χ3v) is 2.90. The van der Waals surface area contributed by atoms with E-state index >= 15 is 0 Å². The zero-order valence-corrected chi connectivity index (χ0v) is 10.2. The smallest absolute Gasteiger partial charge is 0.232 e. The number of fused-ring (bicyclic) bond motifs is 1. The second-order valence-corrected chi connectivity index (χ2v) is 4.44. The maximum absolute atomic E-state index is 11.6. The van der Waals surface area contributed by atoms with Gasteiger partial charge in [-0.15, -0.1) is 0 Å². The first kappa shape index (κ1) is 11.1. The Morgan fingerprint density at radius 3 is 2.94 bits per heavy atom. The molecule has 84 valence electrons. The number of anilines is 1. The van der Waals surface area contributed by atoms with Crippen LogP contribution >= 0.6 is 15.9 Å². The summed E-state index contributed by atoms with van der Waals surface area (Å²) in [6.07, 6.45) is 0.159. The van der Waals surface area contributed by atoms with Crippen LogP contribution in [-0.2, 0) is 9.59 Å². The molecule has 4 nitrogen and oxygen atoms in total. The molecule has 5 heteroatoms. The molecule has 0 bridgehead atoms. The van der Waals surface area contributed by atoms with Crippen LogP contribution in [0.3, 0.4) is 0 Å². The zero-order valence-electron chi connectivity index (χ0n) is 8.62. The molecule has 0 radical (unpaired) electrons. The van der Waals surface area contributed by atoms with Gasteiger partial charge in [0.25, 0.3) is 0 Å². The molecule has 1 unspecified atom stereocenters. The Kier molecular flexibility index (Phi) is 2.96. The van der Waals surface area contributed by atoms with Gasteiger partial charge in [-0.05, 0) is 39.7 Å². The van der Waals surface area contributed by atoms with Crippen LogP contribution < -0.4 is 10.1 Å². The van der Waals surface area contributed by atoms with Crippen molar-refractivity contribution in [1.82, 2.24) is 0 Å². The minimum atomic E-state index is -0.419. The Labute approximate surface area is 101 Å². The van der Waals surface area contributed by atoms with Gasteiger partial charge >= 0.3 is 0 Å². The maximum Gasteiger partial charge on any atom is 0.232 e. The minimum Gasteiger partial charge on any atom is -0.497 e. The van der Waals surface area contributed by atoms with E-state index in [1.54, 1.807) is 25.3 Å². The van der Waals surface area contributed by atoms with E-state index in [1.165, 1.54) is 0 Å². The van der Waals surface area contributed by atoms with E-state index in [1.807, 2.05) is 0 Å². The SMILES string of the molecule is COc1ccc2c(c1)C(CC(=O)Br)C(=O)N2. The van der Waals surface area contributed by atoms with Crippen molar-refractivity contribution in [2.45, 2.75) is 12.3 Å². The Morgan fingerprint density at radius 2 is 2.31 bits per heavy atom. The van der Waals surface area contributed by atoms with Gasteiger partial charge in [0.05, 0.1) is 13.0 Å². The lowest BCUT2D eigenvalue weighted by atomic mass is 9.98. The van der Waals surface area contributed by atoms with Gasteiger partial charge in [0.15, 0.2) is 4.69 Å². The second kappa shape index (κ2) is 4.25. The largest absolute Gasteiger partial charge is 0.497 e. The molecule has 1 atom stereocenters. The predicted octanol–water partition coefficient (Wildman–Crippen LogP) is 2.04. The standard InChI is InChI=1S/C11H10BrNO3/c1-16-6-2-3-9-7(4-6)8(5-10(12)14)11(15)13-9/h2-4,8H,5H2,1H3,(H,13,15). The third-order valence-electron chi connectivity index (χ3n) is 2.57. The summed E-state index contributed by atoms with van der Waals surface area (Å²) < 4.78 is 4.91. The fourth-order valence-corrected chi connectivity index (χ4v) is 2.12. The van der Waals surface area contributed by atoms with Crippen molar-refractivity contribution in [2.24, 2.45) is 0 Å². The lowest BCUT2D eigenvalue weighted by Gasteiger charge is -2.06. The number of rotatable bonds is 3. The van der Waals surface area contributed by atoms with Gasteiger partial charge in [0.1, 0.15) is 5.75 Å². The van der Waals surface area contributed by atoms with E-state index in [-0.39, 0.29) is 17.0 Å². The zero-order chi connectivity index (χ0) is 11.7. The molecule has 1 amide bonds. The van der Waals surface area contributed by atoms with Gasteiger partial charge in [0.2, 0.25) is 5.91 Å². The second-order valence-electron chi connectivity index (χ2n) is 3.55. The van der Waals surface area contributed by atoms with Crippen molar-refractivity contribution in [3.05, 3.63) is 23.8 Å². The highest BCUT2D eigenvalue weighted by Crippen LogP contribution is 2.37. The summed E-state index contributed by atoms with van der Waals surface area (Å²) in [5.41, 5.74) is 1.57. The Balaban J connectivity index is 2.37. The number of ether oxygens (including phenoxy) is 1. The molecule has 16 heavy (non-hydrogen) atoms. The average Bonchev–Trinajstić information content (AvgIpc) is 2.54. The van der Waals surface area contributed by atoms with Gasteiger partial charge in [-0.1, -0.05) is 0 Å². The van der Waals surface area contributed by atoms with Crippen molar-refractivity contribution in [2.75, 3.05) is 12.4 Å². The van der Waals surface area contributed by atoms with Crippen molar-refractivity contribution in [1.29, 1.82) is 0 Å². The molecular weight excluding hydrogens is 274 g/mol. The topological polar surface area (TPSA) is 55.4 Å². The van der Waals surface area contributed by atoms with Crippen molar-refractivity contribution in [3.63, 3.8) is 0 Å². The lowest BCUT2D eigenvalue weighted by molar-refractivity contribution is -0.119. The predicted molar refractivity (Wildman–Crippen MR) is 62.9 cm³/mol. The third kappa shape index (κ3) is 1.95. The molecule has 1 aliphatic heterocycles. The first-order chi connectivity index (χ1) is 7.61. The molecule has 0 spiro atoms. The molecule has 1 aromatic carbocycles. The first-order valence-corrected chi connectivity index (χ1v) is 5.58. The van der Waals surface area contributed by atoms with Crippen LogP contribution in [-0.4, -0.2) is 17.7 Å². The van der Waals surface area contributed by atoms with Crippen molar-refractivity contribution in [3.8, 4) is 5.75 Å². The molecule has 2 rings (SSSR count). The van der Waals surface area contributed by atoms with Crippen molar-refractivity contribution >= 4 is 32.2 Å². The number of hydrogen-bond acceptors (Lipinski definition) is 3. The number of hydrogen-bond donors (Lipinski definition) is 1. The van der Waals surface area contributed by atoms with Crippen LogP contribution in [0.15, 0.2) is 18.2 Å². The minimum absolute atomic E-state index is 0.143. The molecular formula is C11H10BrNO3. The van der Waals surface area contributed by atoms with Crippen molar-refractivity contribution < 1.29 is 14.3 Å². The van der Waals surface area contributed by atoms with Crippen LogP contribution in [0.25, 0.3) is 0 Å². The van der Waals surface area contributed by atoms with Gasteiger partial charge in [-0.3, -0.25) is 9.59 Å². The summed E-state index contributed by atoms with van der Waals surface area (Å²) in [5, 5.41) is 2.74. The number of carbonyl (C=O) groups is 2. The van der Waals surface area contributed by atoms with Crippen LogP contribution in [0.5, 0.6) is 5.75 Å². The highest BCUT2D eigenvalue weighted by molar-refractivity contribution is 9.18. The Hall–Kier alpha value is -1.36. The highest BCUT2D eigenvalue weighted by Gasteiger charge is 2.31. The molecule has 1 aliphatic rings. The Morgan fingerprint density at radius 1 is 1.56 bits per heavy atom. The molecule has 0 aliphatic carbocycles. The van der Waals surface area contributed by atoms with Gasteiger partial charge in [-0.2, -0.15) is 0 Å². The molecule has 0 saturated carbocycles. The molecule has 1 aromatic rings. The van der Waals surface area contributed by atoms with E-state index in [2.05, 4.69) is 21.2 Å². The number of methoxy groups -OCH3 is 1. The molecule has 1 heterocycles. The molecule has 0 aromatic heterocycles. The van der Waals surface area contributed by atoms with Crippen LogP contribution in [0.2, 0.25) is 0 Å². The van der Waals surface area contributed by atoms with E-state index in [0.29, 0.717) is 5.75 Å². The number of halogens is 1. The summed E-state index contributed by atoms with van der Waals surface area (Å²) in [7, 11) is 1.57. The molecule has 1 N–H and O–H groups in total. The normalized spacial score (nSPS) is 17.9. The summed E-state index contributed by atoms with van der Waals surface area (Å²) >= 11 is 2.85. The Bertz CT molecular complexity index is 459. The number of carbonyl (C=O) groups excluding carboxylic acids is 2. The number of nitrogens with one attached hydrogen (secondary N) is 1. The first-order valence-electron chi connectivity index (χ1n) is 4.79. The highest BCUT2D eigenvalue weighted by atomic mass is 79.9. The fourth-order valence-electron chi connectivity index (χ4n) is 1.79. The van der Waals surface area contributed by atoms with E-state index in [0.717, 1.165) is 11.3 Å². The summed E-state index contributed by atoms with van der Waals surface area (Å²) in [4.78, 5) is 22.7. The van der Waals surface area contributed by atoms with E-state index in [9.17, 15) is 9.59 Å². The maximum atomic E-state index is 11.6. The van der Waals surface area contributed by atoms with Gasteiger partial charge in [0, 0.05) is 12.1 Å². The van der Waals surface area contributed by atoms with Crippen LogP contribution in [0.1, 0.15) is 17.9 Å². The van der Waals surface area contributed by atoms with E-state index in [4.69, 9.17) is 4.74 Å². The average molecular weight is 284 g/mol. The summed E-state index contributed by atoms with van der Waals surface area (Å²) in [5.74, 6) is 0.121. The van der Waals surface area contributed by atoms with Gasteiger partial charge in [-0.25, -0.2) is 0 Å². The number of benzene rings is 1. The lowest BCUT2D eigenvalue weighted by Crippen LogP contribution is -2.13. The van der Waals surface area contributed by atoms with Gasteiger partial charge < -0.3 is 10.1 Å². The molecule has 0 fully saturated rings.